The van der Waals surface area contributed by atoms with Gasteiger partial charge in [0.05, 0.1) is 11.3 Å². The summed E-state index contributed by atoms with van der Waals surface area (Å²) in [7, 11) is 1.97. The van der Waals surface area contributed by atoms with E-state index in [1.165, 1.54) is 23.7 Å². The minimum absolute atomic E-state index is 0. The Morgan fingerprint density at radius 1 is 1.18 bits per heavy atom. The van der Waals surface area contributed by atoms with Gasteiger partial charge >= 0.3 is 6.18 Å². The number of hydrogen-bond donors (Lipinski definition) is 0. The molecule has 1 aliphatic carbocycles. The Hall–Kier alpha value is -1.69. The molecule has 2 fully saturated rings. The van der Waals surface area contributed by atoms with Gasteiger partial charge in [0.25, 0.3) is 0 Å². The lowest BCUT2D eigenvalue weighted by molar-refractivity contribution is -0.137. The third kappa shape index (κ3) is 4.98. The van der Waals surface area contributed by atoms with Crippen molar-refractivity contribution in [2.75, 3.05) is 25.4 Å². The van der Waals surface area contributed by atoms with Crippen LogP contribution in [0, 0.1) is 12.3 Å². The van der Waals surface area contributed by atoms with Crippen molar-refractivity contribution < 1.29 is 13.2 Å². The molecule has 0 bridgehead atoms. The highest BCUT2D eigenvalue weighted by atomic mass is 35.5. The highest BCUT2D eigenvalue weighted by molar-refractivity contribution is 7.99. The Bertz CT molecular complexity index is 1130. The van der Waals surface area contributed by atoms with Gasteiger partial charge in [-0.3, -0.25) is 0 Å². The molecule has 3 heterocycles. The van der Waals surface area contributed by atoms with E-state index in [1.54, 1.807) is 23.9 Å². The third-order valence-corrected chi connectivity index (χ3v) is 8.76. The molecule has 34 heavy (non-hydrogen) atoms. The van der Waals surface area contributed by atoms with Crippen molar-refractivity contribution in [3.8, 4) is 10.7 Å². The van der Waals surface area contributed by atoms with Crippen molar-refractivity contribution in [1.82, 2.24) is 29.3 Å². The number of thioether (sulfide) groups is 1. The Morgan fingerprint density at radius 3 is 2.62 bits per heavy atom. The molecule has 2 aromatic heterocycles. The first kappa shape index (κ1) is 25.4. The van der Waals surface area contributed by atoms with E-state index in [-0.39, 0.29) is 17.8 Å². The molecule has 0 amide bonds. The number of aromatic nitrogens is 5. The lowest BCUT2D eigenvalue weighted by atomic mass is 9.97. The summed E-state index contributed by atoms with van der Waals surface area (Å²) in [6.45, 7) is 5.05. The Balaban J connectivity index is 0.00000274. The lowest BCUT2D eigenvalue weighted by Gasteiger charge is -2.16. The van der Waals surface area contributed by atoms with Crippen LogP contribution >= 0.6 is 35.7 Å². The second kappa shape index (κ2) is 9.75. The van der Waals surface area contributed by atoms with E-state index >= 15 is 0 Å². The summed E-state index contributed by atoms with van der Waals surface area (Å²) in [6.07, 6.45) is -1.02. The smallest absolute Gasteiger partial charge is 0.304 e. The summed E-state index contributed by atoms with van der Waals surface area (Å²) in [6, 6.07) is 5.77. The van der Waals surface area contributed by atoms with E-state index in [1.807, 2.05) is 18.5 Å². The monoisotopic (exact) mass is 530 g/mol. The summed E-state index contributed by atoms with van der Waals surface area (Å²) in [4.78, 5) is 3.45. The fourth-order valence-corrected chi connectivity index (χ4v) is 6.39. The van der Waals surface area contributed by atoms with Crippen LogP contribution in [-0.2, 0) is 13.2 Å². The van der Waals surface area contributed by atoms with Crippen molar-refractivity contribution in [3.05, 3.63) is 41.1 Å². The molecule has 184 valence electrons. The lowest BCUT2D eigenvalue weighted by Crippen LogP contribution is -2.23. The van der Waals surface area contributed by atoms with Gasteiger partial charge in [0, 0.05) is 19.3 Å². The van der Waals surface area contributed by atoms with Gasteiger partial charge in [-0.25, -0.2) is 0 Å². The molecule has 0 N–H and O–H groups in total. The van der Waals surface area contributed by atoms with Crippen molar-refractivity contribution in [3.63, 3.8) is 0 Å². The van der Waals surface area contributed by atoms with Crippen molar-refractivity contribution in [2.24, 2.45) is 12.5 Å². The zero-order valence-corrected chi connectivity index (χ0v) is 21.3. The summed E-state index contributed by atoms with van der Waals surface area (Å²) < 4.78 is 44.4. The molecular weight excluding hydrogens is 505 g/mol. The number of alkyl halides is 3. The van der Waals surface area contributed by atoms with Crippen molar-refractivity contribution in [2.45, 2.75) is 43.4 Å². The minimum Gasteiger partial charge on any atom is -0.304 e. The number of nitrogens with zero attached hydrogens (tertiary/aromatic N) is 6. The first-order chi connectivity index (χ1) is 15.8. The largest absolute Gasteiger partial charge is 0.416 e. The molecule has 0 unspecified atom stereocenters. The molecule has 1 spiro atoms. The molecule has 3 aromatic rings. The van der Waals surface area contributed by atoms with Crippen LogP contribution in [0.4, 0.5) is 13.2 Å². The van der Waals surface area contributed by atoms with E-state index in [4.69, 9.17) is 0 Å². The topological polar surface area (TPSA) is 59.7 Å². The van der Waals surface area contributed by atoms with Crippen LogP contribution in [0.5, 0.6) is 0 Å². The van der Waals surface area contributed by atoms with E-state index in [0.717, 1.165) is 71.8 Å². The van der Waals surface area contributed by atoms with E-state index in [2.05, 4.69) is 24.7 Å². The highest BCUT2D eigenvalue weighted by Gasteiger charge is 2.57. The molecule has 5 rings (SSSR count). The Labute approximate surface area is 210 Å². The maximum absolute atomic E-state index is 12.8. The van der Waals surface area contributed by atoms with Gasteiger partial charge in [-0.2, -0.15) is 13.2 Å². The van der Waals surface area contributed by atoms with Gasteiger partial charge in [-0.1, -0.05) is 28.4 Å². The van der Waals surface area contributed by atoms with Crippen molar-refractivity contribution >= 4 is 35.7 Å². The van der Waals surface area contributed by atoms with E-state index in [0.29, 0.717) is 5.92 Å². The number of hydrogen-bond acceptors (Lipinski definition) is 7. The predicted molar refractivity (Wildman–Crippen MR) is 130 cm³/mol. The van der Waals surface area contributed by atoms with Gasteiger partial charge in [-0.05, 0) is 79.8 Å². The fraction of sp³-hybridized carbons (Fsp3) is 0.545. The summed E-state index contributed by atoms with van der Waals surface area (Å²) in [5.41, 5.74) is 1.60. The number of benzene rings is 1. The summed E-state index contributed by atoms with van der Waals surface area (Å²) in [5, 5.41) is 13.6. The molecule has 1 aliphatic heterocycles. The molecule has 1 saturated heterocycles. The molecule has 1 aromatic carbocycles. The zero-order valence-electron chi connectivity index (χ0n) is 18.9. The summed E-state index contributed by atoms with van der Waals surface area (Å²) >= 11 is 3.04. The zero-order chi connectivity index (χ0) is 23.2. The molecular formula is C22H26ClF3N6S2. The van der Waals surface area contributed by atoms with Crippen LogP contribution in [-0.4, -0.2) is 54.6 Å². The summed E-state index contributed by atoms with van der Waals surface area (Å²) in [5.74, 6) is 2.15. The van der Waals surface area contributed by atoms with Crippen LogP contribution < -0.4 is 0 Å². The molecule has 0 radical (unpaired) electrons. The Morgan fingerprint density at radius 2 is 1.94 bits per heavy atom. The molecule has 2 atom stereocenters. The molecule has 1 saturated carbocycles. The van der Waals surface area contributed by atoms with Crippen LogP contribution in [0.2, 0.25) is 0 Å². The normalized spacial score (nSPS) is 22.3. The van der Waals surface area contributed by atoms with Crippen LogP contribution in [0.1, 0.15) is 42.0 Å². The number of aryl methyl sites for hydroxylation is 1. The van der Waals surface area contributed by atoms with Crippen molar-refractivity contribution in [1.29, 1.82) is 0 Å². The van der Waals surface area contributed by atoms with Gasteiger partial charge < -0.3 is 9.47 Å². The van der Waals surface area contributed by atoms with Gasteiger partial charge in [0.2, 0.25) is 0 Å². The highest BCUT2D eigenvalue weighted by Crippen LogP contribution is 2.64. The number of rotatable bonds is 7. The van der Waals surface area contributed by atoms with Gasteiger partial charge in [0.15, 0.2) is 11.0 Å². The Kier molecular flexibility index (Phi) is 7.29. The molecule has 6 nitrogen and oxygen atoms in total. The van der Waals surface area contributed by atoms with Crippen LogP contribution in [0.3, 0.4) is 0 Å². The first-order valence-corrected chi connectivity index (χ1v) is 12.7. The first-order valence-electron chi connectivity index (χ1n) is 11.0. The second-order valence-electron chi connectivity index (χ2n) is 9.02. The fourth-order valence-electron chi connectivity index (χ4n) is 4.88. The standard InChI is InChI=1S/C22H25F3N6S2.ClH/c1-14-18(33-29-26-14)19-27-28-20(30(19)2)32-11-3-9-31-10-8-21(13-31)12-17(21)15-4-6-16(7-5-15)22(23,24)25;/h4-7,17H,3,8-13H2,1-2H3;1H/t17-,21+;/m1./s1. The SMILES string of the molecule is Cc1nnsc1-c1nnc(SCCCN2CC[C@]3(C[C@@H]3c3ccc(C(F)(F)F)cc3)C2)n1C.Cl. The number of likely N-dealkylation sites (tertiary alicyclic amines) is 1. The van der Waals surface area contributed by atoms with Gasteiger partial charge in [-0.15, -0.1) is 27.7 Å². The third-order valence-electron chi connectivity index (χ3n) is 6.83. The second-order valence-corrected chi connectivity index (χ2v) is 10.8. The minimum atomic E-state index is -4.27. The molecule has 12 heteroatoms. The quantitative estimate of drug-likeness (QED) is 0.299. The van der Waals surface area contributed by atoms with Crippen LogP contribution in [0.25, 0.3) is 10.7 Å². The molecule has 2 aliphatic rings. The maximum Gasteiger partial charge on any atom is 0.416 e. The van der Waals surface area contributed by atoms with Crippen LogP contribution in [0.15, 0.2) is 29.4 Å². The number of halogens is 4. The van der Waals surface area contributed by atoms with Gasteiger partial charge in [0.1, 0.15) is 4.88 Å². The van der Waals surface area contributed by atoms with E-state index in [9.17, 15) is 13.2 Å². The van der Waals surface area contributed by atoms with E-state index < -0.39 is 11.7 Å². The average molecular weight is 531 g/mol. The maximum atomic E-state index is 12.8. The predicted octanol–water partition coefficient (Wildman–Crippen LogP) is 5.44. The average Bonchev–Trinajstić information content (AvgIpc) is 3.05.